The molecule has 0 spiro atoms. The number of pyridine rings is 1. The molecule has 2 nitrogen and oxygen atoms in total. The molecule has 102 valence electrons. The molecule has 0 amide bonds. The molecule has 1 atom stereocenters. The predicted octanol–water partition coefficient (Wildman–Crippen LogP) is 5.31. The number of benzene rings is 1. The highest BCUT2D eigenvalue weighted by molar-refractivity contribution is 6.31. The van der Waals surface area contributed by atoms with Crippen LogP contribution in [-0.2, 0) is 6.42 Å². The van der Waals surface area contributed by atoms with Crippen molar-refractivity contribution in [2.24, 2.45) is 0 Å². The highest BCUT2D eigenvalue weighted by Gasteiger charge is 2.16. The largest absolute Gasteiger partial charge is 0.459 e. The fourth-order valence-electron chi connectivity index (χ4n) is 2.20. The minimum Gasteiger partial charge on any atom is -0.459 e. The number of alkyl halides is 1. The third kappa shape index (κ3) is 2.67. The van der Waals surface area contributed by atoms with Gasteiger partial charge in [0.05, 0.1) is 10.4 Å². The Morgan fingerprint density at radius 3 is 2.90 bits per heavy atom. The summed E-state index contributed by atoms with van der Waals surface area (Å²) in [4.78, 5) is 3.97. The molecule has 0 aliphatic rings. The average Bonchev–Trinajstić information content (AvgIpc) is 2.84. The molecule has 1 unspecified atom stereocenters. The molecular weight excluding hydrogens is 293 g/mol. The van der Waals surface area contributed by atoms with Crippen LogP contribution in [0.1, 0.15) is 22.3 Å². The maximum absolute atomic E-state index is 6.45. The number of fused-ring (bicyclic) bond motifs is 1. The number of hydrogen-bond donors (Lipinski definition) is 0. The first-order chi connectivity index (χ1) is 9.63. The van der Waals surface area contributed by atoms with E-state index in [1.54, 1.807) is 12.4 Å². The molecule has 0 bridgehead atoms. The van der Waals surface area contributed by atoms with Gasteiger partial charge in [-0.25, -0.2) is 0 Å². The average molecular weight is 306 g/mol. The van der Waals surface area contributed by atoms with E-state index < -0.39 is 0 Å². The van der Waals surface area contributed by atoms with Gasteiger partial charge in [0, 0.05) is 17.8 Å². The standard InChI is InChI=1S/C16H13Cl2NO/c1-10-2-3-15-12(6-10)8-16(20-15)13(17)7-11-4-5-19-9-14(11)18/h2-6,8-9,13H,7H2,1H3. The van der Waals surface area contributed by atoms with Crippen molar-refractivity contribution in [1.82, 2.24) is 4.98 Å². The van der Waals surface area contributed by atoms with Crippen LogP contribution in [0.3, 0.4) is 0 Å². The summed E-state index contributed by atoms with van der Waals surface area (Å²) in [6.07, 6.45) is 3.96. The van der Waals surface area contributed by atoms with Crippen LogP contribution in [0.2, 0.25) is 5.02 Å². The Bertz CT molecular complexity index is 751. The first kappa shape index (κ1) is 13.5. The number of furan rings is 1. The Kier molecular flexibility index (Phi) is 3.68. The topological polar surface area (TPSA) is 26.0 Å². The lowest BCUT2D eigenvalue weighted by molar-refractivity contribution is 0.540. The van der Waals surface area contributed by atoms with Crippen molar-refractivity contribution in [3.63, 3.8) is 0 Å². The number of hydrogen-bond acceptors (Lipinski definition) is 2. The van der Waals surface area contributed by atoms with Crippen LogP contribution in [0.15, 0.2) is 47.1 Å². The molecule has 4 heteroatoms. The summed E-state index contributed by atoms with van der Waals surface area (Å²) in [5.41, 5.74) is 3.03. The maximum Gasteiger partial charge on any atom is 0.134 e. The van der Waals surface area contributed by atoms with E-state index >= 15 is 0 Å². The smallest absolute Gasteiger partial charge is 0.134 e. The second-order valence-corrected chi connectivity index (χ2v) is 5.76. The van der Waals surface area contributed by atoms with Crippen LogP contribution in [0, 0.1) is 6.92 Å². The van der Waals surface area contributed by atoms with E-state index in [-0.39, 0.29) is 5.38 Å². The van der Waals surface area contributed by atoms with Gasteiger partial charge in [0.2, 0.25) is 0 Å². The fraction of sp³-hybridized carbons (Fsp3) is 0.188. The second kappa shape index (κ2) is 5.47. The molecule has 1 aromatic carbocycles. The van der Waals surface area contributed by atoms with Gasteiger partial charge in [0.15, 0.2) is 0 Å². The molecule has 0 radical (unpaired) electrons. The highest BCUT2D eigenvalue weighted by Crippen LogP contribution is 2.32. The lowest BCUT2D eigenvalue weighted by atomic mass is 10.1. The van der Waals surface area contributed by atoms with E-state index in [0.717, 1.165) is 22.3 Å². The zero-order chi connectivity index (χ0) is 14.1. The summed E-state index contributed by atoms with van der Waals surface area (Å²) in [6.45, 7) is 2.06. The van der Waals surface area contributed by atoms with Gasteiger partial charge in [0.25, 0.3) is 0 Å². The van der Waals surface area contributed by atoms with E-state index in [9.17, 15) is 0 Å². The Labute approximate surface area is 127 Å². The lowest BCUT2D eigenvalue weighted by Crippen LogP contribution is -1.95. The molecule has 2 heterocycles. The number of aromatic nitrogens is 1. The van der Waals surface area contributed by atoms with Gasteiger partial charge < -0.3 is 4.42 Å². The van der Waals surface area contributed by atoms with Crippen molar-refractivity contribution in [2.75, 3.05) is 0 Å². The summed E-state index contributed by atoms with van der Waals surface area (Å²) in [5, 5.41) is 1.46. The zero-order valence-corrected chi connectivity index (χ0v) is 12.4. The van der Waals surface area contributed by atoms with Gasteiger partial charge in [0.1, 0.15) is 11.3 Å². The molecule has 0 saturated carbocycles. The van der Waals surface area contributed by atoms with E-state index in [1.807, 2.05) is 24.3 Å². The molecule has 0 aliphatic heterocycles. The van der Waals surface area contributed by atoms with Crippen molar-refractivity contribution in [3.8, 4) is 0 Å². The van der Waals surface area contributed by atoms with E-state index in [0.29, 0.717) is 11.4 Å². The van der Waals surface area contributed by atoms with Crippen LogP contribution in [0.5, 0.6) is 0 Å². The van der Waals surface area contributed by atoms with Gasteiger partial charge in [-0.3, -0.25) is 4.98 Å². The Morgan fingerprint density at radius 1 is 1.25 bits per heavy atom. The zero-order valence-electron chi connectivity index (χ0n) is 10.9. The van der Waals surface area contributed by atoms with Gasteiger partial charge in [-0.15, -0.1) is 11.6 Å². The Hall–Kier alpha value is -1.51. The van der Waals surface area contributed by atoms with E-state index in [1.165, 1.54) is 5.56 Å². The molecule has 2 aromatic heterocycles. The van der Waals surface area contributed by atoms with Crippen LogP contribution in [0.4, 0.5) is 0 Å². The summed E-state index contributed by atoms with van der Waals surface area (Å²) in [7, 11) is 0. The third-order valence-corrected chi connectivity index (χ3v) is 3.96. The quantitative estimate of drug-likeness (QED) is 0.613. The molecule has 3 rings (SSSR count). The minimum atomic E-state index is -0.248. The first-order valence-electron chi connectivity index (χ1n) is 6.36. The summed E-state index contributed by atoms with van der Waals surface area (Å²) >= 11 is 12.6. The van der Waals surface area contributed by atoms with Gasteiger partial charge in [-0.1, -0.05) is 23.2 Å². The monoisotopic (exact) mass is 305 g/mol. The van der Waals surface area contributed by atoms with Crippen LogP contribution in [-0.4, -0.2) is 4.98 Å². The number of rotatable bonds is 3. The van der Waals surface area contributed by atoms with E-state index in [2.05, 4.69) is 18.0 Å². The molecule has 0 fully saturated rings. The second-order valence-electron chi connectivity index (χ2n) is 4.83. The Balaban J connectivity index is 1.89. The minimum absolute atomic E-state index is 0.248. The number of aryl methyl sites for hydroxylation is 1. The fourth-order valence-corrected chi connectivity index (χ4v) is 2.67. The first-order valence-corrected chi connectivity index (χ1v) is 7.17. The predicted molar refractivity (Wildman–Crippen MR) is 82.5 cm³/mol. The van der Waals surface area contributed by atoms with Gasteiger partial charge >= 0.3 is 0 Å². The normalized spacial score (nSPS) is 12.8. The highest BCUT2D eigenvalue weighted by atomic mass is 35.5. The molecule has 0 N–H and O–H groups in total. The lowest BCUT2D eigenvalue weighted by Gasteiger charge is -2.07. The number of nitrogens with zero attached hydrogens (tertiary/aromatic N) is 1. The molecule has 3 aromatic rings. The van der Waals surface area contributed by atoms with Crippen LogP contribution in [0.25, 0.3) is 11.0 Å². The van der Waals surface area contributed by atoms with E-state index in [4.69, 9.17) is 27.6 Å². The SMILES string of the molecule is Cc1ccc2oc(C(Cl)Cc3ccncc3Cl)cc2c1. The van der Waals surface area contributed by atoms with Gasteiger partial charge in [-0.2, -0.15) is 0 Å². The van der Waals surface area contributed by atoms with Crippen molar-refractivity contribution in [2.45, 2.75) is 18.7 Å². The van der Waals surface area contributed by atoms with Gasteiger partial charge in [-0.05, 0) is 43.2 Å². The van der Waals surface area contributed by atoms with Crippen molar-refractivity contribution in [1.29, 1.82) is 0 Å². The van der Waals surface area contributed by atoms with Crippen LogP contribution >= 0.6 is 23.2 Å². The summed E-state index contributed by atoms with van der Waals surface area (Å²) in [6, 6.07) is 9.96. The molecular formula is C16H13Cl2NO. The summed E-state index contributed by atoms with van der Waals surface area (Å²) < 4.78 is 5.81. The molecule has 20 heavy (non-hydrogen) atoms. The van der Waals surface area contributed by atoms with Crippen LogP contribution < -0.4 is 0 Å². The maximum atomic E-state index is 6.45. The molecule has 0 aliphatic carbocycles. The Morgan fingerprint density at radius 2 is 2.10 bits per heavy atom. The van der Waals surface area contributed by atoms with Crippen molar-refractivity contribution < 1.29 is 4.42 Å². The number of halogens is 2. The molecule has 0 saturated heterocycles. The van der Waals surface area contributed by atoms with Crippen molar-refractivity contribution in [3.05, 3.63) is 64.6 Å². The summed E-state index contributed by atoms with van der Waals surface area (Å²) in [5.74, 6) is 0.764. The van der Waals surface area contributed by atoms with Crippen molar-refractivity contribution >= 4 is 34.2 Å². The third-order valence-electron chi connectivity index (χ3n) is 3.26.